The van der Waals surface area contributed by atoms with Crippen molar-refractivity contribution in [2.45, 2.75) is 31.3 Å². The third-order valence-electron chi connectivity index (χ3n) is 4.42. The average Bonchev–Trinajstić information content (AvgIpc) is 3.30. The van der Waals surface area contributed by atoms with Crippen molar-refractivity contribution < 1.29 is 19.4 Å². The lowest BCUT2D eigenvalue weighted by atomic mass is 9.95. The molecule has 3 rings (SSSR count). The number of nitrogens with one attached hydrogen (secondary N) is 1. The van der Waals surface area contributed by atoms with Gasteiger partial charge in [0.15, 0.2) is 11.5 Å². The summed E-state index contributed by atoms with van der Waals surface area (Å²) in [7, 11) is 3.17. The molecule has 2 aliphatic carbocycles. The molecule has 1 atom stereocenters. The Morgan fingerprint density at radius 1 is 1.33 bits per heavy atom. The van der Waals surface area contributed by atoms with Crippen LogP contribution in [0.1, 0.15) is 30.4 Å². The molecule has 5 nitrogen and oxygen atoms in total. The number of ether oxygens (including phenoxy) is 2. The van der Waals surface area contributed by atoms with Gasteiger partial charge < -0.3 is 19.9 Å². The minimum atomic E-state index is -1.01. The normalized spacial score (nSPS) is 23.6. The lowest BCUT2D eigenvalue weighted by Crippen LogP contribution is -2.39. The molecule has 0 aromatic heterocycles. The van der Waals surface area contributed by atoms with Gasteiger partial charge in [0.2, 0.25) is 5.91 Å². The predicted octanol–water partition coefficient (Wildman–Crippen LogP) is 1.36. The predicted molar refractivity (Wildman–Crippen MR) is 77.5 cm³/mol. The number of carbonyl (C=O) groups excluding carboxylic acids is 1. The van der Waals surface area contributed by atoms with Crippen molar-refractivity contribution >= 4 is 5.91 Å². The molecule has 2 N–H and O–H groups in total. The maximum atomic E-state index is 11.8. The van der Waals surface area contributed by atoms with Gasteiger partial charge in [0.05, 0.1) is 20.8 Å². The summed E-state index contributed by atoms with van der Waals surface area (Å²) in [4.78, 5) is 11.8. The van der Waals surface area contributed by atoms with Crippen LogP contribution in [0, 0.1) is 5.92 Å². The molecule has 0 aliphatic heterocycles. The zero-order chi connectivity index (χ0) is 15.0. The van der Waals surface area contributed by atoms with E-state index in [9.17, 15) is 9.90 Å². The molecule has 21 heavy (non-hydrogen) atoms. The van der Waals surface area contributed by atoms with Crippen molar-refractivity contribution in [2.75, 3.05) is 20.8 Å². The van der Waals surface area contributed by atoms with E-state index in [2.05, 4.69) is 5.32 Å². The van der Waals surface area contributed by atoms with Gasteiger partial charge in [-0.15, -0.1) is 0 Å². The standard InChI is InChI=1S/C16H21NO4/c1-20-13-7-11-5-6-16(19,12(11)8-14(13)21-2)9-17-15(18)10-3-4-10/h7-8,10,19H,3-6,9H2,1-2H3,(H,17,18). The van der Waals surface area contributed by atoms with E-state index in [1.54, 1.807) is 14.2 Å². The minimum Gasteiger partial charge on any atom is -0.493 e. The highest BCUT2D eigenvalue weighted by atomic mass is 16.5. The summed E-state index contributed by atoms with van der Waals surface area (Å²) in [6, 6.07) is 3.74. The van der Waals surface area contributed by atoms with E-state index >= 15 is 0 Å². The van der Waals surface area contributed by atoms with Crippen LogP contribution in [0.3, 0.4) is 0 Å². The maximum absolute atomic E-state index is 11.8. The van der Waals surface area contributed by atoms with Crippen molar-refractivity contribution in [3.05, 3.63) is 23.3 Å². The number of hydrogen-bond acceptors (Lipinski definition) is 4. The van der Waals surface area contributed by atoms with E-state index < -0.39 is 5.60 Å². The van der Waals surface area contributed by atoms with Gasteiger partial charge in [0.25, 0.3) is 0 Å². The maximum Gasteiger partial charge on any atom is 0.223 e. The summed E-state index contributed by atoms with van der Waals surface area (Å²) in [5.74, 6) is 1.48. The Morgan fingerprint density at radius 2 is 2.00 bits per heavy atom. The molecule has 1 aromatic carbocycles. The number of benzene rings is 1. The second-order valence-electron chi connectivity index (χ2n) is 5.89. The molecule has 0 spiro atoms. The molecule has 114 valence electrons. The van der Waals surface area contributed by atoms with Gasteiger partial charge in [-0.3, -0.25) is 4.79 Å². The number of aliphatic hydroxyl groups is 1. The molecule has 1 amide bonds. The van der Waals surface area contributed by atoms with Gasteiger partial charge >= 0.3 is 0 Å². The Hall–Kier alpha value is -1.75. The van der Waals surface area contributed by atoms with Gasteiger partial charge in [-0.05, 0) is 48.9 Å². The number of amides is 1. The summed E-state index contributed by atoms with van der Waals surface area (Å²) >= 11 is 0. The van der Waals surface area contributed by atoms with Crippen molar-refractivity contribution in [1.29, 1.82) is 0 Å². The Morgan fingerprint density at radius 3 is 2.62 bits per heavy atom. The van der Waals surface area contributed by atoms with Gasteiger partial charge in [-0.25, -0.2) is 0 Å². The van der Waals surface area contributed by atoms with Crippen LogP contribution in [0.4, 0.5) is 0 Å². The lowest BCUT2D eigenvalue weighted by molar-refractivity contribution is -0.123. The highest BCUT2D eigenvalue weighted by Crippen LogP contribution is 2.42. The average molecular weight is 291 g/mol. The molecular weight excluding hydrogens is 270 g/mol. The van der Waals surface area contributed by atoms with E-state index in [4.69, 9.17) is 9.47 Å². The summed E-state index contributed by atoms with van der Waals surface area (Å²) < 4.78 is 10.6. The van der Waals surface area contributed by atoms with Crippen molar-refractivity contribution in [3.8, 4) is 11.5 Å². The van der Waals surface area contributed by atoms with Crippen LogP contribution >= 0.6 is 0 Å². The van der Waals surface area contributed by atoms with E-state index in [1.807, 2.05) is 12.1 Å². The van der Waals surface area contributed by atoms with Crippen molar-refractivity contribution in [1.82, 2.24) is 5.32 Å². The zero-order valence-corrected chi connectivity index (χ0v) is 12.4. The van der Waals surface area contributed by atoms with Crippen LogP contribution in [-0.4, -0.2) is 31.8 Å². The van der Waals surface area contributed by atoms with E-state index in [1.165, 1.54) is 0 Å². The van der Waals surface area contributed by atoms with E-state index in [0.29, 0.717) is 17.9 Å². The molecule has 1 aromatic rings. The fourth-order valence-electron chi connectivity index (χ4n) is 2.94. The highest BCUT2D eigenvalue weighted by Gasteiger charge is 2.39. The van der Waals surface area contributed by atoms with Crippen LogP contribution in [0.25, 0.3) is 0 Å². The van der Waals surface area contributed by atoms with E-state index in [0.717, 1.165) is 30.4 Å². The second kappa shape index (κ2) is 5.22. The number of hydrogen-bond donors (Lipinski definition) is 2. The third-order valence-corrected chi connectivity index (χ3v) is 4.42. The monoisotopic (exact) mass is 291 g/mol. The van der Waals surface area contributed by atoms with Crippen LogP contribution < -0.4 is 14.8 Å². The number of fused-ring (bicyclic) bond motifs is 1. The summed E-state index contributed by atoms with van der Waals surface area (Å²) in [5.41, 5.74) is 0.867. The molecule has 0 heterocycles. The molecule has 0 bridgehead atoms. The molecule has 2 aliphatic rings. The van der Waals surface area contributed by atoms with Gasteiger partial charge in [0.1, 0.15) is 5.60 Å². The minimum absolute atomic E-state index is 0.0531. The zero-order valence-electron chi connectivity index (χ0n) is 12.4. The Labute approximate surface area is 124 Å². The molecule has 1 unspecified atom stereocenters. The Balaban J connectivity index is 1.82. The lowest BCUT2D eigenvalue weighted by Gasteiger charge is -2.25. The smallest absolute Gasteiger partial charge is 0.223 e. The number of carbonyl (C=O) groups is 1. The molecular formula is C16H21NO4. The largest absolute Gasteiger partial charge is 0.493 e. The summed E-state index contributed by atoms with van der Waals surface area (Å²) in [6.45, 7) is 0.255. The first-order valence-electron chi connectivity index (χ1n) is 7.33. The number of methoxy groups -OCH3 is 2. The molecule has 1 saturated carbocycles. The van der Waals surface area contributed by atoms with E-state index in [-0.39, 0.29) is 18.4 Å². The fraction of sp³-hybridized carbons (Fsp3) is 0.562. The molecule has 0 radical (unpaired) electrons. The first kappa shape index (κ1) is 14.2. The summed E-state index contributed by atoms with van der Waals surface area (Å²) in [6.07, 6.45) is 3.30. The van der Waals surface area contributed by atoms with Gasteiger partial charge in [-0.2, -0.15) is 0 Å². The van der Waals surface area contributed by atoms with Gasteiger partial charge in [-0.1, -0.05) is 0 Å². The number of aryl methyl sites for hydroxylation is 1. The first-order chi connectivity index (χ1) is 10.1. The SMILES string of the molecule is COc1cc2c(cc1OC)C(O)(CNC(=O)C1CC1)CC2. The van der Waals surface area contributed by atoms with Crippen LogP contribution in [-0.2, 0) is 16.8 Å². The quantitative estimate of drug-likeness (QED) is 0.859. The molecule has 0 saturated heterocycles. The van der Waals surface area contributed by atoms with Gasteiger partial charge in [0, 0.05) is 5.92 Å². The van der Waals surface area contributed by atoms with Crippen LogP contribution in [0.2, 0.25) is 0 Å². The van der Waals surface area contributed by atoms with Crippen molar-refractivity contribution in [2.24, 2.45) is 5.92 Å². The highest BCUT2D eigenvalue weighted by molar-refractivity contribution is 5.80. The Kier molecular flexibility index (Phi) is 3.53. The van der Waals surface area contributed by atoms with Crippen molar-refractivity contribution in [3.63, 3.8) is 0 Å². The number of rotatable bonds is 5. The fourth-order valence-corrected chi connectivity index (χ4v) is 2.94. The van der Waals surface area contributed by atoms with Crippen LogP contribution in [0.5, 0.6) is 11.5 Å². The Bertz CT molecular complexity index is 568. The summed E-state index contributed by atoms with van der Waals surface area (Å²) in [5, 5.41) is 13.7. The first-order valence-corrected chi connectivity index (χ1v) is 7.33. The molecule has 5 heteroatoms. The molecule has 1 fully saturated rings. The topological polar surface area (TPSA) is 67.8 Å². The second-order valence-corrected chi connectivity index (χ2v) is 5.89. The third kappa shape index (κ3) is 2.58. The van der Waals surface area contributed by atoms with Crippen LogP contribution in [0.15, 0.2) is 12.1 Å².